The lowest BCUT2D eigenvalue weighted by Crippen LogP contribution is -1.94. The van der Waals surface area contributed by atoms with Crippen molar-refractivity contribution in [2.24, 2.45) is 0 Å². The van der Waals surface area contributed by atoms with Crippen molar-refractivity contribution in [1.82, 2.24) is 0 Å². The van der Waals surface area contributed by atoms with E-state index in [1.807, 2.05) is 0 Å². The zero-order valence-corrected chi connectivity index (χ0v) is 14.3. The number of fused-ring (bicyclic) bond motifs is 1. The molecule has 19 heavy (non-hydrogen) atoms. The number of hydrogen-bond donors (Lipinski definition) is 0. The van der Waals surface area contributed by atoms with Gasteiger partial charge in [-0.2, -0.15) is 11.3 Å². The van der Waals surface area contributed by atoms with Gasteiger partial charge in [-0.3, -0.25) is 0 Å². The van der Waals surface area contributed by atoms with E-state index in [0.29, 0.717) is 0 Å². The fourth-order valence-electron chi connectivity index (χ4n) is 2.30. The topological polar surface area (TPSA) is 0 Å². The molecule has 0 fully saturated rings. The molecule has 96 valence electrons. The largest absolute Gasteiger partial charge is 0.152 e. The van der Waals surface area contributed by atoms with Gasteiger partial charge < -0.3 is 0 Å². The highest BCUT2D eigenvalue weighted by Gasteiger charge is 2.16. The van der Waals surface area contributed by atoms with Crippen molar-refractivity contribution in [3.8, 4) is 0 Å². The van der Waals surface area contributed by atoms with Gasteiger partial charge >= 0.3 is 0 Å². The molecule has 2 aromatic carbocycles. The van der Waals surface area contributed by atoms with Crippen molar-refractivity contribution < 1.29 is 0 Å². The molecule has 0 aliphatic rings. The molecular weight excluding hydrogens is 384 g/mol. The van der Waals surface area contributed by atoms with Gasteiger partial charge in [0, 0.05) is 4.47 Å². The van der Waals surface area contributed by atoms with Crippen LogP contribution in [-0.2, 0) is 0 Å². The van der Waals surface area contributed by atoms with Crippen LogP contribution in [0.3, 0.4) is 0 Å². The van der Waals surface area contributed by atoms with Crippen LogP contribution < -0.4 is 0 Å². The monoisotopic (exact) mass is 394 g/mol. The van der Waals surface area contributed by atoms with E-state index < -0.39 is 0 Å². The Balaban J connectivity index is 2.21. The first kappa shape index (κ1) is 13.3. The van der Waals surface area contributed by atoms with Gasteiger partial charge in [-0.15, -0.1) is 0 Å². The van der Waals surface area contributed by atoms with Crippen molar-refractivity contribution in [1.29, 1.82) is 0 Å². The van der Waals surface area contributed by atoms with E-state index in [9.17, 15) is 0 Å². The molecule has 0 bridgehead atoms. The normalized spacial score (nSPS) is 12.8. The summed E-state index contributed by atoms with van der Waals surface area (Å²) in [6.45, 7) is 2.17. The number of thiophene rings is 1. The fraction of sp³-hybridized carbons (Fsp3) is 0.125. The molecule has 1 atom stereocenters. The minimum Gasteiger partial charge on any atom is -0.152 e. The Morgan fingerprint density at radius 2 is 1.68 bits per heavy atom. The van der Waals surface area contributed by atoms with Crippen LogP contribution in [0.15, 0.2) is 51.6 Å². The third-order valence-electron chi connectivity index (χ3n) is 3.35. The number of halogens is 2. The van der Waals surface area contributed by atoms with Gasteiger partial charge in [0.2, 0.25) is 0 Å². The summed E-state index contributed by atoms with van der Waals surface area (Å²) in [4.78, 5) is 0.247. The highest BCUT2D eigenvalue weighted by atomic mass is 79.9. The van der Waals surface area contributed by atoms with Gasteiger partial charge in [0.15, 0.2) is 0 Å². The summed E-state index contributed by atoms with van der Waals surface area (Å²) in [5.41, 5.74) is 4.02. The molecule has 0 spiro atoms. The first-order valence-corrected chi connectivity index (χ1v) is 8.67. The number of alkyl halides is 1. The van der Waals surface area contributed by atoms with Gasteiger partial charge in [-0.1, -0.05) is 62.2 Å². The smallest absolute Gasteiger partial charge is 0.0661 e. The SMILES string of the molecule is Cc1cscc1C(Br)c1ccc(Br)c2ccccc12. The van der Waals surface area contributed by atoms with Crippen LogP contribution in [-0.4, -0.2) is 0 Å². The molecular formula is C16H12Br2S. The lowest BCUT2D eigenvalue weighted by molar-refractivity contribution is 1.18. The molecule has 3 rings (SSSR count). The van der Waals surface area contributed by atoms with Gasteiger partial charge in [0.1, 0.15) is 0 Å². The molecule has 0 radical (unpaired) electrons. The second kappa shape index (κ2) is 5.39. The van der Waals surface area contributed by atoms with Gasteiger partial charge in [0.25, 0.3) is 0 Å². The quantitative estimate of drug-likeness (QED) is 0.437. The van der Waals surface area contributed by atoms with E-state index in [0.717, 1.165) is 4.47 Å². The zero-order valence-electron chi connectivity index (χ0n) is 10.4. The number of rotatable bonds is 2. The van der Waals surface area contributed by atoms with Crippen LogP contribution in [0.1, 0.15) is 21.5 Å². The number of benzene rings is 2. The molecule has 0 aliphatic carbocycles. The second-order valence-corrected chi connectivity index (χ2v) is 7.07. The summed E-state index contributed by atoms with van der Waals surface area (Å²) in [5.74, 6) is 0. The van der Waals surface area contributed by atoms with Crippen molar-refractivity contribution in [2.75, 3.05) is 0 Å². The predicted molar refractivity (Wildman–Crippen MR) is 91.5 cm³/mol. The first-order valence-electron chi connectivity index (χ1n) is 6.02. The van der Waals surface area contributed by atoms with Crippen LogP contribution >= 0.6 is 43.2 Å². The molecule has 0 N–H and O–H groups in total. The van der Waals surface area contributed by atoms with E-state index in [2.05, 4.69) is 85.9 Å². The molecule has 1 unspecified atom stereocenters. The van der Waals surface area contributed by atoms with Gasteiger partial charge in [-0.25, -0.2) is 0 Å². The summed E-state index contributed by atoms with van der Waals surface area (Å²) in [6.07, 6.45) is 0. The number of aryl methyl sites for hydroxylation is 1. The molecule has 0 amide bonds. The molecule has 1 aromatic heterocycles. The van der Waals surface area contributed by atoms with Crippen LogP contribution in [0.4, 0.5) is 0 Å². The first-order chi connectivity index (χ1) is 9.18. The maximum Gasteiger partial charge on any atom is 0.0661 e. The minimum atomic E-state index is 0.247. The lowest BCUT2D eigenvalue weighted by atomic mass is 9.98. The maximum absolute atomic E-state index is 3.86. The average Bonchev–Trinajstić information content (AvgIpc) is 2.85. The molecule has 3 aromatic rings. The molecule has 0 aliphatic heterocycles. The van der Waals surface area contributed by atoms with Crippen LogP contribution in [0, 0.1) is 6.92 Å². The van der Waals surface area contributed by atoms with E-state index in [-0.39, 0.29) is 4.83 Å². The Hall–Kier alpha value is -0.640. The van der Waals surface area contributed by atoms with Crippen molar-refractivity contribution in [3.63, 3.8) is 0 Å². The summed E-state index contributed by atoms with van der Waals surface area (Å²) < 4.78 is 1.15. The van der Waals surface area contributed by atoms with Crippen molar-refractivity contribution >= 4 is 54.0 Å². The molecule has 0 saturated carbocycles. The summed E-state index contributed by atoms with van der Waals surface area (Å²) >= 11 is 9.25. The summed E-state index contributed by atoms with van der Waals surface area (Å²) in [5, 5.41) is 6.98. The van der Waals surface area contributed by atoms with E-state index >= 15 is 0 Å². The Labute approximate surface area is 133 Å². The van der Waals surface area contributed by atoms with E-state index in [1.54, 1.807) is 11.3 Å². The number of hydrogen-bond acceptors (Lipinski definition) is 1. The van der Waals surface area contributed by atoms with Crippen molar-refractivity contribution in [3.05, 3.63) is 68.3 Å². The Morgan fingerprint density at radius 1 is 0.947 bits per heavy atom. The third-order valence-corrected chi connectivity index (χ3v) is 5.90. The maximum atomic E-state index is 3.86. The molecule has 3 heteroatoms. The van der Waals surface area contributed by atoms with E-state index in [1.165, 1.54) is 27.5 Å². The highest BCUT2D eigenvalue weighted by Crippen LogP contribution is 2.39. The standard InChI is InChI=1S/C16H12Br2S/c1-10-8-19-9-14(10)16(18)13-6-7-15(17)12-5-3-2-4-11(12)13/h2-9,16H,1H3. The Morgan fingerprint density at radius 3 is 2.37 bits per heavy atom. The lowest BCUT2D eigenvalue weighted by Gasteiger charge is -2.14. The van der Waals surface area contributed by atoms with Crippen molar-refractivity contribution in [2.45, 2.75) is 11.8 Å². The molecule has 0 saturated heterocycles. The highest BCUT2D eigenvalue weighted by molar-refractivity contribution is 9.10. The Kier molecular flexibility index (Phi) is 3.79. The van der Waals surface area contributed by atoms with Crippen LogP contribution in [0.2, 0.25) is 0 Å². The van der Waals surface area contributed by atoms with E-state index in [4.69, 9.17) is 0 Å². The fourth-order valence-corrected chi connectivity index (χ4v) is 4.73. The molecule has 1 heterocycles. The van der Waals surface area contributed by atoms with Crippen LogP contribution in [0.5, 0.6) is 0 Å². The zero-order chi connectivity index (χ0) is 13.4. The summed E-state index contributed by atoms with van der Waals surface area (Å²) in [7, 11) is 0. The Bertz CT molecular complexity index is 730. The average molecular weight is 396 g/mol. The summed E-state index contributed by atoms with van der Waals surface area (Å²) in [6, 6.07) is 12.8. The van der Waals surface area contributed by atoms with Gasteiger partial charge in [0.05, 0.1) is 4.83 Å². The van der Waals surface area contributed by atoms with Gasteiger partial charge in [-0.05, 0) is 51.2 Å². The third kappa shape index (κ3) is 2.39. The molecule has 0 nitrogen and oxygen atoms in total. The second-order valence-electron chi connectivity index (χ2n) is 4.55. The minimum absolute atomic E-state index is 0.247. The predicted octanol–water partition coefficient (Wildman–Crippen LogP) is 6.46. The van der Waals surface area contributed by atoms with Crippen LogP contribution in [0.25, 0.3) is 10.8 Å².